The van der Waals surface area contributed by atoms with E-state index in [0.29, 0.717) is 13.0 Å². The van der Waals surface area contributed by atoms with Gasteiger partial charge in [0, 0.05) is 27.0 Å². The maximum atomic E-state index is 11.3. The molecule has 2 atom stereocenters. The van der Waals surface area contributed by atoms with Crippen molar-refractivity contribution in [1.82, 2.24) is 4.90 Å². The summed E-state index contributed by atoms with van der Waals surface area (Å²) in [5.74, 6) is -0.500. The van der Waals surface area contributed by atoms with Gasteiger partial charge in [-0.1, -0.05) is 0 Å². The van der Waals surface area contributed by atoms with Gasteiger partial charge in [0.25, 0.3) is 0 Å². The molecular formula is C9H15NO4. The van der Waals surface area contributed by atoms with E-state index < -0.39 is 6.04 Å². The number of carbonyl (C=O) groups excluding carboxylic acids is 2. The van der Waals surface area contributed by atoms with Gasteiger partial charge in [-0.3, -0.25) is 4.79 Å². The Hall–Kier alpha value is -1.10. The second-order valence-electron chi connectivity index (χ2n) is 3.30. The van der Waals surface area contributed by atoms with Crippen molar-refractivity contribution in [3.8, 4) is 0 Å². The monoisotopic (exact) mass is 201 g/mol. The van der Waals surface area contributed by atoms with E-state index in [1.807, 2.05) is 0 Å². The van der Waals surface area contributed by atoms with E-state index in [1.165, 1.54) is 18.9 Å². The second kappa shape index (κ2) is 4.41. The Morgan fingerprint density at radius 2 is 2.00 bits per heavy atom. The van der Waals surface area contributed by atoms with E-state index >= 15 is 0 Å². The molecule has 1 heterocycles. The van der Waals surface area contributed by atoms with Crippen LogP contribution in [-0.2, 0) is 19.1 Å². The maximum Gasteiger partial charge on any atom is 0.328 e. The van der Waals surface area contributed by atoms with E-state index in [-0.39, 0.29) is 18.0 Å². The third-order valence-electron chi connectivity index (χ3n) is 2.47. The molecule has 0 aromatic heterocycles. The second-order valence-corrected chi connectivity index (χ2v) is 3.30. The lowest BCUT2D eigenvalue weighted by atomic mass is 10.2. The predicted octanol–water partition coefficient (Wildman–Crippen LogP) is -0.205. The van der Waals surface area contributed by atoms with Crippen molar-refractivity contribution in [2.45, 2.75) is 25.5 Å². The van der Waals surface area contributed by atoms with Gasteiger partial charge in [-0.25, -0.2) is 4.79 Å². The van der Waals surface area contributed by atoms with Crippen molar-refractivity contribution in [1.29, 1.82) is 0 Å². The highest BCUT2D eigenvalue weighted by Crippen LogP contribution is 2.20. The molecule has 0 aliphatic carbocycles. The van der Waals surface area contributed by atoms with E-state index in [0.717, 1.165) is 0 Å². The van der Waals surface area contributed by atoms with E-state index in [2.05, 4.69) is 4.74 Å². The highest BCUT2D eigenvalue weighted by molar-refractivity contribution is 5.84. The summed E-state index contributed by atoms with van der Waals surface area (Å²) in [5, 5.41) is 0. The normalized spacial score (nSPS) is 26.4. The largest absolute Gasteiger partial charge is 0.467 e. The molecular weight excluding hydrogens is 186 g/mol. The molecule has 0 aromatic carbocycles. The van der Waals surface area contributed by atoms with Gasteiger partial charge in [-0.05, 0) is 0 Å². The van der Waals surface area contributed by atoms with Crippen LogP contribution in [0.5, 0.6) is 0 Å². The number of amides is 1. The van der Waals surface area contributed by atoms with Crippen LogP contribution in [0, 0.1) is 0 Å². The number of hydrogen-bond donors (Lipinski definition) is 0. The van der Waals surface area contributed by atoms with Crippen LogP contribution in [0.15, 0.2) is 0 Å². The zero-order chi connectivity index (χ0) is 10.7. The van der Waals surface area contributed by atoms with Crippen LogP contribution in [0.25, 0.3) is 0 Å². The van der Waals surface area contributed by atoms with Gasteiger partial charge in [0.15, 0.2) is 0 Å². The summed E-state index contributed by atoms with van der Waals surface area (Å²) in [6, 6.07) is -0.484. The van der Waals surface area contributed by atoms with Crippen molar-refractivity contribution >= 4 is 11.9 Å². The first-order valence-corrected chi connectivity index (χ1v) is 4.48. The molecule has 14 heavy (non-hydrogen) atoms. The maximum absolute atomic E-state index is 11.3. The molecule has 1 rings (SSSR count). The van der Waals surface area contributed by atoms with Gasteiger partial charge in [-0.15, -0.1) is 0 Å². The third kappa shape index (κ3) is 2.04. The molecule has 1 saturated heterocycles. The topological polar surface area (TPSA) is 55.8 Å². The Labute approximate surface area is 83.0 Å². The smallest absolute Gasteiger partial charge is 0.328 e. The first-order valence-electron chi connectivity index (χ1n) is 4.48. The number of methoxy groups -OCH3 is 2. The Kier molecular flexibility index (Phi) is 3.46. The number of rotatable bonds is 2. The summed E-state index contributed by atoms with van der Waals surface area (Å²) in [4.78, 5) is 24.0. The predicted molar refractivity (Wildman–Crippen MR) is 48.6 cm³/mol. The molecule has 0 saturated carbocycles. The lowest BCUT2D eigenvalue weighted by Crippen LogP contribution is -2.39. The van der Waals surface area contributed by atoms with Gasteiger partial charge < -0.3 is 14.4 Å². The van der Waals surface area contributed by atoms with Crippen molar-refractivity contribution in [2.24, 2.45) is 0 Å². The van der Waals surface area contributed by atoms with Crippen molar-refractivity contribution in [3.63, 3.8) is 0 Å². The number of nitrogens with zero attached hydrogens (tertiary/aromatic N) is 1. The van der Waals surface area contributed by atoms with Crippen LogP contribution >= 0.6 is 0 Å². The fraction of sp³-hybridized carbons (Fsp3) is 0.778. The SMILES string of the molecule is COC(=O)[C@@H]1CC(OC)CN1C(C)=O. The molecule has 5 nitrogen and oxygen atoms in total. The third-order valence-corrected chi connectivity index (χ3v) is 2.47. The van der Waals surface area contributed by atoms with Crippen LogP contribution < -0.4 is 0 Å². The Morgan fingerprint density at radius 3 is 2.43 bits per heavy atom. The lowest BCUT2D eigenvalue weighted by Gasteiger charge is -2.20. The van der Waals surface area contributed by atoms with Crippen molar-refractivity contribution in [3.05, 3.63) is 0 Å². The number of ether oxygens (including phenoxy) is 2. The first-order chi connectivity index (χ1) is 6.60. The van der Waals surface area contributed by atoms with E-state index in [4.69, 9.17) is 4.74 Å². The summed E-state index contributed by atoms with van der Waals surface area (Å²) in [6.07, 6.45) is 0.450. The quantitative estimate of drug-likeness (QED) is 0.580. The molecule has 1 aliphatic heterocycles. The number of esters is 1. The Balaban J connectivity index is 2.71. The molecule has 0 N–H and O–H groups in total. The highest BCUT2D eigenvalue weighted by atomic mass is 16.5. The van der Waals surface area contributed by atoms with Gasteiger partial charge in [0.2, 0.25) is 5.91 Å². The lowest BCUT2D eigenvalue weighted by molar-refractivity contribution is -0.150. The van der Waals surface area contributed by atoms with Crippen LogP contribution in [0.3, 0.4) is 0 Å². The summed E-state index contributed by atoms with van der Waals surface area (Å²) >= 11 is 0. The average molecular weight is 201 g/mol. The fourth-order valence-corrected chi connectivity index (χ4v) is 1.68. The van der Waals surface area contributed by atoms with Gasteiger partial charge in [0.05, 0.1) is 13.2 Å². The Morgan fingerprint density at radius 1 is 1.36 bits per heavy atom. The number of likely N-dealkylation sites (tertiary alicyclic amines) is 1. The van der Waals surface area contributed by atoms with E-state index in [9.17, 15) is 9.59 Å². The summed E-state index contributed by atoms with van der Waals surface area (Å²) in [5.41, 5.74) is 0. The van der Waals surface area contributed by atoms with Crippen LogP contribution in [0.4, 0.5) is 0 Å². The van der Waals surface area contributed by atoms with Gasteiger partial charge >= 0.3 is 5.97 Å². The summed E-state index contributed by atoms with van der Waals surface area (Å²) in [6.45, 7) is 1.90. The zero-order valence-electron chi connectivity index (χ0n) is 8.65. The molecule has 0 spiro atoms. The zero-order valence-corrected chi connectivity index (χ0v) is 8.65. The van der Waals surface area contributed by atoms with Crippen LogP contribution in [0.2, 0.25) is 0 Å². The minimum atomic E-state index is -0.484. The van der Waals surface area contributed by atoms with Crippen LogP contribution in [-0.4, -0.2) is 49.7 Å². The van der Waals surface area contributed by atoms with Crippen LogP contribution in [0.1, 0.15) is 13.3 Å². The average Bonchev–Trinajstić information content (AvgIpc) is 2.60. The molecule has 1 aliphatic rings. The minimum absolute atomic E-state index is 0.0667. The van der Waals surface area contributed by atoms with Crippen molar-refractivity contribution in [2.75, 3.05) is 20.8 Å². The molecule has 0 radical (unpaired) electrons. The van der Waals surface area contributed by atoms with E-state index in [1.54, 1.807) is 7.11 Å². The molecule has 1 fully saturated rings. The molecule has 80 valence electrons. The van der Waals surface area contributed by atoms with Gasteiger partial charge in [-0.2, -0.15) is 0 Å². The molecule has 1 amide bonds. The first kappa shape index (κ1) is 11.0. The Bertz CT molecular complexity index is 241. The fourth-order valence-electron chi connectivity index (χ4n) is 1.68. The molecule has 5 heteroatoms. The summed E-state index contributed by atoms with van der Waals surface area (Å²) in [7, 11) is 2.89. The summed E-state index contributed by atoms with van der Waals surface area (Å²) < 4.78 is 9.73. The number of carbonyl (C=O) groups is 2. The van der Waals surface area contributed by atoms with Gasteiger partial charge in [0.1, 0.15) is 6.04 Å². The minimum Gasteiger partial charge on any atom is -0.467 e. The molecule has 1 unspecified atom stereocenters. The van der Waals surface area contributed by atoms with Crippen molar-refractivity contribution < 1.29 is 19.1 Å². The number of hydrogen-bond acceptors (Lipinski definition) is 4. The highest BCUT2D eigenvalue weighted by Gasteiger charge is 2.38. The molecule has 0 aromatic rings. The molecule has 0 bridgehead atoms. The standard InChI is InChI=1S/C9H15NO4/c1-6(11)10-5-7(13-2)4-8(10)9(12)14-3/h7-8H,4-5H2,1-3H3/t7?,8-/m0/s1.